The summed E-state index contributed by atoms with van der Waals surface area (Å²) in [4.78, 5) is 11.6. The van der Waals surface area contributed by atoms with Crippen LogP contribution in [-0.2, 0) is 9.53 Å². The summed E-state index contributed by atoms with van der Waals surface area (Å²) >= 11 is 3.54. The molecular formula is C13H13BrO2. The van der Waals surface area contributed by atoms with Crippen LogP contribution in [0.2, 0.25) is 0 Å². The smallest absolute Gasteiger partial charge is 0.336 e. The number of hydrogen-bond acceptors (Lipinski definition) is 2. The molecule has 16 heavy (non-hydrogen) atoms. The molecule has 0 saturated carbocycles. The third-order valence-electron chi connectivity index (χ3n) is 2.46. The summed E-state index contributed by atoms with van der Waals surface area (Å²) < 4.78 is 5.24. The first-order valence-corrected chi connectivity index (χ1v) is 6.06. The van der Waals surface area contributed by atoms with Gasteiger partial charge < -0.3 is 4.74 Å². The molecule has 0 bridgehead atoms. The van der Waals surface area contributed by atoms with Gasteiger partial charge in [0.05, 0.1) is 10.4 Å². The maximum absolute atomic E-state index is 11.7. The van der Waals surface area contributed by atoms with E-state index in [1.165, 1.54) is 0 Å². The van der Waals surface area contributed by atoms with Crippen molar-refractivity contribution in [2.45, 2.75) is 24.3 Å². The fourth-order valence-corrected chi connectivity index (χ4v) is 2.36. The lowest BCUT2D eigenvalue weighted by Crippen LogP contribution is -2.18. The van der Waals surface area contributed by atoms with Crippen molar-refractivity contribution in [1.82, 2.24) is 0 Å². The third-order valence-corrected chi connectivity index (χ3v) is 3.48. The van der Waals surface area contributed by atoms with Crippen LogP contribution in [-0.4, -0.2) is 11.6 Å². The molecule has 0 aromatic heterocycles. The van der Waals surface area contributed by atoms with Gasteiger partial charge >= 0.3 is 5.97 Å². The van der Waals surface area contributed by atoms with Gasteiger partial charge in [0.2, 0.25) is 0 Å². The number of esters is 1. The van der Waals surface area contributed by atoms with Crippen LogP contribution in [0.1, 0.15) is 24.2 Å². The number of cyclic esters (lactones) is 1. The molecule has 0 fully saturated rings. The second kappa shape index (κ2) is 4.06. The maximum atomic E-state index is 11.7. The molecule has 1 atom stereocenters. The highest BCUT2D eigenvalue weighted by atomic mass is 79.9. The zero-order chi connectivity index (χ0) is 11.8. The van der Waals surface area contributed by atoms with Crippen LogP contribution in [0.15, 0.2) is 42.0 Å². The quantitative estimate of drug-likeness (QED) is 0.613. The Morgan fingerprint density at radius 1 is 1.25 bits per heavy atom. The highest BCUT2D eigenvalue weighted by Gasteiger charge is 2.35. The molecule has 0 radical (unpaired) electrons. The molecule has 0 saturated heterocycles. The Bertz CT molecular complexity index is 435. The highest BCUT2D eigenvalue weighted by Crippen LogP contribution is 2.37. The SMILES string of the molecule is CC1(C)C=C(C(Br)c2ccccc2)C(=O)O1. The second-order valence-electron chi connectivity index (χ2n) is 4.37. The van der Waals surface area contributed by atoms with Gasteiger partial charge in [0.1, 0.15) is 5.60 Å². The first-order valence-electron chi connectivity index (χ1n) is 5.15. The lowest BCUT2D eigenvalue weighted by molar-refractivity contribution is -0.144. The molecule has 0 amide bonds. The van der Waals surface area contributed by atoms with Crippen LogP contribution in [0.3, 0.4) is 0 Å². The molecule has 84 valence electrons. The summed E-state index contributed by atoms with van der Waals surface area (Å²) in [7, 11) is 0. The molecule has 1 aliphatic rings. The summed E-state index contributed by atoms with van der Waals surface area (Å²) in [6.07, 6.45) is 1.88. The number of ether oxygens (including phenoxy) is 1. The van der Waals surface area contributed by atoms with Crippen LogP contribution in [0.5, 0.6) is 0 Å². The minimum Gasteiger partial charge on any atom is -0.452 e. The number of carbonyl (C=O) groups is 1. The van der Waals surface area contributed by atoms with E-state index in [1.54, 1.807) is 0 Å². The van der Waals surface area contributed by atoms with E-state index in [-0.39, 0.29) is 10.8 Å². The molecule has 1 aromatic carbocycles. The topological polar surface area (TPSA) is 26.3 Å². The fraction of sp³-hybridized carbons (Fsp3) is 0.308. The molecule has 1 unspecified atom stereocenters. The van der Waals surface area contributed by atoms with Gasteiger partial charge in [-0.15, -0.1) is 0 Å². The van der Waals surface area contributed by atoms with Gasteiger partial charge in [-0.05, 0) is 25.5 Å². The van der Waals surface area contributed by atoms with Crippen molar-refractivity contribution in [2.75, 3.05) is 0 Å². The number of halogens is 1. The van der Waals surface area contributed by atoms with E-state index in [0.717, 1.165) is 5.56 Å². The number of carbonyl (C=O) groups excluding carboxylic acids is 1. The van der Waals surface area contributed by atoms with Gasteiger partial charge in [0.15, 0.2) is 0 Å². The van der Waals surface area contributed by atoms with Crippen LogP contribution < -0.4 is 0 Å². The third kappa shape index (κ3) is 2.19. The Morgan fingerprint density at radius 3 is 2.38 bits per heavy atom. The van der Waals surface area contributed by atoms with Gasteiger partial charge in [-0.25, -0.2) is 4.79 Å². The molecule has 3 heteroatoms. The van der Waals surface area contributed by atoms with Gasteiger partial charge in [0.25, 0.3) is 0 Å². The molecule has 1 aliphatic heterocycles. The summed E-state index contributed by atoms with van der Waals surface area (Å²) in [5.41, 5.74) is 1.24. The normalized spacial score (nSPS) is 20.2. The van der Waals surface area contributed by atoms with Gasteiger partial charge in [-0.3, -0.25) is 0 Å². The fourth-order valence-electron chi connectivity index (χ4n) is 1.74. The van der Waals surface area contributed by atoms with E-state index < -0.39 is 5.60 Å². The monoisotopic (exact) mass is 280 g/mol. The van der Waals surface area contributed by atoms with Crippen molar-refractivity contribution in [1.29, 1.82) is 0 Å². The van der Waals surface area contributed by atoms with E-state index in [9.17, 15) is 4.79 Å². The highest BCUT2D eigenvalue weighted by molar-refractivity contribution is 9.09. The zero-order valence-corrected chi connectivity index (χ0v) is 10.8. The molecule has 0 spiro atoms. The van der Waals surface area contributed by atoms with Crippen LogP contribution in [0, 0.1) is 0 Å². The Hall–Kier alpha value is -1.09. The first kappa shape index (κ1) is 11.4. The van der Waals surface area contributed by atoms with Gasteiger partial charge in [-0.1, -0.05) is 46.3 Å². The summed E-state index contributed by atoms with van der Waals surface area (Å²) in [6.45, 7) is 3.76. The minimum absolute atomic E-state index is 0.0945. The van der Waals surface area contributed by atoms with Gasteiger partial charge in [-0.2, -0.15) is 0 Å². The second-order valence-corrected chi connectivity index (χ2v) is 5.28. The standard InChI is InChI=1S/C13H13BrO2/c1-13(2)8-10(12(15)16-13)11(14)9-6-4-3-5-7-9/h3-8,11H,1-2H3. The number of alkyl halides is 1. The molecule has 2 rings (SSSR count). The average Bonchev–Trinajstić information content (AvgIpc) is 2.52. The van der Waals surface area contributed by atoms with Crippen molar-refractivity contribution in [3.05, 3.63) is 47.5 Å². The molecule has 1 heterocycles. The molecule has 0 aliphatic carbocycles. The maximum Gasteiger partial charge on any atom is 0.336 e. The Balaban J connectivity index is 2.30. The largest absolute Gasteiger partial charge is 0.452 e. The predicted molar refractivity (Wildman–Crippen MR) is 66.4 cm³/mol. The number of hydrogen-bond donors (Lipinski definition) is 0. The molecule has 1 aromatic rings. The Kier molecular flexibility index (Phi) is 2.89. The van der Waals surface area contributed by atoms with E-state index in [1.807, 2.05) is 50.3 Å². The predicted octanol–water partition coefficient (Wildman–Crippen LogP) is 3.38. The van der Waals surface area contributed by atoms with Gasteiger partial charge in [0, 0.05) is 0 Å². The lowest BCUT2D eigenvalue weighted by Gasteiger charge is -2.13. The minimum atomic E-state index is -0.493. The van der Waals surface area contributed by atoms with Crippen molar-refractivity contribution < 1.29 is 9.53 Å². The first-order chi connectivity index (χ1) is 7.49. The Labute approximate surface area is 103 Å². The lowest BCUT2D eigenvalue weighted by atomic mass is 10.0. The van der Waals surface area contributed by atoms with Crippen LogP contribution >= 0.6 is 15.9 Å². The van der Waals surface area contributed by atoms with Crippen molar-refractivity contribution >= 4 is 21.9 Å². The van der Waals surface area contributed by atoms with Crippen molar-refractivity contribution in [3.8, 4) is 0 Å². The average molecular weight is 281 g/mol. The summed E-state index contributed by atoms with van der Waals surface area (Å²) in [5, 5.41) is 0. The van der Waals surface area contributed by atoms with E-state index in [2.05, 4.69) is 15.9 Å². The zero-order valence-electron chi connectivity index (χ0n) is 9.24. The van der Waals surface area contributed by atoms with E-state index in [4.69, 9.17) is 4.74 Å². The molecule has 2 nitrogen and oxygen atoms in total. The number of rotatable bonds is 2. The molecule has 0 N–H and O–H groups in total. The van der Waals surface area contributed by atoms with Crippen molar-refractivity contribution in [3.63, 3.8) is 0 Å². The van der Waals surface area contributed by atoms with Crippen LogP contribution in [0.4, 0.5) is 0 Å². The Morgan fingerprint density at radius 2 is 1.88 bits per heavy atom. The van der Waals surface area contributed by atoms with Crippen molar-refractivity contribution in [2.24, 2.45) is 0 Å². The van der Waals surface area contributed by atoms with E-state index >= 15 is 0 Å². The van der Waals surface area contributed by atoms with E-state index in [0.29, 0.717) is 5.57 Å². The van der Waals surface area contributed by atoms with Crippen LogP contribution in [0.25, 0.3) is 0 Å². The summed E-state index contributed by atoms with van der Waals surface area (Å²) in [6, 6.07) is 9.83. The molecular weight excluding hydrogens is 268 g/mol. The number of benzene rings is 1. The summed E-state index contributed by atoms with van der Waals surface area (Å²) in [5.74, 6) is -0.240.